The predicted molar refractivity (Wildman–Crippen MR) is 116 cm³/mol. The van der Waals surface area contributed by atoms with Gasteiger partial charge in [-0.1, -0.05) is 48.9 Å². The van der Waals surface area contributed by atoms with Gasteiger partial charge in [0.1, 0.15) is 10.9 Å². The molecule has 2 aromatic heterocycles. The molecule has 0 saturated heterocycles. The third-order valence-electron chi connectivity index (χ3n) is 5.83. The third kappa shape index (κ3) is 4.36. The number of aromatic nitrogens is 2. The second-order valence-corrected chi connectivity index (χ2v) is 8.26. The largest absolute Gasteiger partial charge is 0.448 e. The topological polar surface area (TPSA) is 97.1 Å². The van der Waals surface area contributed by atoms with Crippen molar-refractivity contribution in [2.24, 2.45) is 0 Å². The Morgan fingerprint density at radius 3 is 2.69 bits per heavy atom. The highest BCUT2D eigenvalue weighted by Gasteiger charge is 2.46. The molecule has 4 rings (SSSR count). The fraction of sp³-hybridized carbons (Fsp3) is 0.304. The lowest BCUT2D eigenvalue weighted by Crippen LogP contribution is -2.57. The molecular weight excluding hydrogens is 435 g/mol. The molecule has 0 aliphatic heterocycles. The van der Waals surface area contributed by atoms with Gasteiger partial charge in [0.15, 0.2) is 17.9 Å². The van der Waals surface area contributed by atoms with Crippen LogP contribution < -0.4 is 10.6 Å². The smallest absolute Gasteiger partial charge is 0.273 e. The van der Waals surface area contributed by atoms with Crippen LogP contribution in [-0.4, -0.2) is 34.4 Å². The Kier molecular flexibility index (Phi) is 6.23. The Bertz CT molecular complexity index is 1130. The summed E-state index contributed by atoms with van der Waals surface area (Å²) in [5, 5.41) is 5.86. The zero-order valence-electron chi connectivity index (χ0n) is 17.4. The molecule has 0 unspecified atom stereocenters. The molecule has 0 atom stereocenters. The van der Waals surface area contributed by atoms with Crippen molar-refractivity contribution in [3.8, 4) is 0 Å². The van der Waals surface area contributed by atoms with Gasteiger partial charge >= 0.3 is 0 Å². The van der Waals surface area contributed by atoms with Crippen LogP contribution in [-0.2, 0) is 11.8 Å². The van der Waals surface area contributed by atoms with Crippen molar-refractivity contribution in [2.45, 2.75) is 37.6 Å². The number of halogens is 2. The van der Waals surface area contributed by atoms with Crippen molar-refractivity contribution in [1.29, 1.82) is 0 Å². The minimum absolute atomic E-state index is 0.0417. The number of nitrogens with zero attached hydrogens (tertiary/aromatic N) is 2. The van der Waals surface area contributed by atoms with Gasteiger partial charge in [0.25, 0.3) is 11.8 Å². The van der Waals surface area contributed by atoms with Gasteiger partial charge in [-0.3, -0.25) is 9.59 Å². The summed E-state index contributed by atoms with van der Waals surface area (Å²) in [6, 6.07) is 10.9. The minimum Gasteiger partial charge on any atom is -0.448 e. The maximum Gasteiger partial charge on any atom is 0.273 e. The lowest BCUT2D eigenvalue weighted by Gasteiger charge is -2.48. The number of nitrogens with one attached hydrogen (secondary N) is 2. The Balaban J connectivity index is 1.46. The number of oxazole rings is 1. The van der Waals surface area contributed by atoms with E-state index in [4.69, 9.17) is 16.0 Å². The number of hydrogen-bond acceptors (Lipinski definition) is 5. The zero-order valence-corrected chi connectivity index (χ0v) is 18.2. The van der Waals surface area contributed by atoms with Crippen molar-refractivity contribution < 1.29 is 18.4 Å². The molecular formula is C23H22ClFN4O3. The van der Waals surface area contributed by atoms with Crippen LogP contribution >= 0.6 is 11.6 Å². The van der Waals surface area contributed by atoms with Crippen LogP contribution in [0.15, 0.2) is 53.4 Å². The average molecular weight is 457 g/mol. The Hall–Kier alpha value is -3.26. The summed E-state index contributed by atoms with van der Waals surface area (Å²) < 4.78 is 19.3. The highest BCUT2D eigenvalue weighted by Crippen LogP contribution is 2.43. The van der Waals surface area contributed by atoms with Crippen molar-refractivity contribution >= 4 is 23.4 Å². The van der Waals surface area contributed by atoms with E-state index in [-0.39, 0.29) is 34.6 Å². The molecule has 2 amide bonds. The van der Waals surface area contributed by atoms with Crippen molar-refractivity contribution in [1.82, 2.24) is 20.6 Å². The van der Waals surface area contributed by atoms with E-state index in [1.807, 2.05) is 37.3 Å². The van der Waals surface area contributed by atoms with Crippen LogP contribution in [0.5, 0.6) is 0 Å². The summed E-state index contributed by atoms with van der Waals surface area (Å²) in [4.78, 5) is 32.8. The summed E-state index contributed by atoms with van der Waals surface area (Å²) in [7, 11) is 0. The Labute approximate surface area is 189 Å². The maximum absolute atomic E-state index is 14.0. The van der Waals surface area contributed by atoms with Crippen LogP contribution in [0.3, 0.4) is 0 Å². The van der Waals surface area contributed by atoms with Gasteiger partial charge in [-0.05, 0) is 24.5 Å². The SMILES string of the molecule is CCc1ocnc1C(=O)NC1CC(CNC(=O)c2cc(Cl)ncc2F)(c2ccccc2)C1. The van der Waals surface area contributed by atoms with Gasteiger partial charge < -0.3 is 15.1 Å². The van der Waals surface area contributed by atoms with E-state index in [1.54, 1.807) is 0 Å². The third-order valence-corrected chi connectivity index (χ3v) is 6.03. The van der Waals surface area contributed by atoms with Crippen LogP contribution in [0.25, 0.3) is 0 Å². The summed E-state index contributed by atoms with van der Waals surface area (Å²) in [6.45, 7) is 2.17. The first-order valence-corrected chi connectivity index (χ1v) is 10.7. The lowest BCUT2D eigenvalue weighted by molar-refractivity contribution is 0.0818. The number of aryl methyl sites for hydroxylation is 1. The molecule has 0 spiro atoms. The highest BCUT2D eigenvalue weighted by atomic mass is 35.5. The average Bonchev–Trinajstić information content (AvgIpc) is 3.26. The lowest BCUT2D eigenvalue weighted by atomic mass is 9.61. The molecule has 7 nitrogen and oxygen atoms in total. The van der Waals surface area contributed by atoms with Gasteiger partial charge in [-0.2, -0.15) is 0 Å². The van der Waals surface area contributed by atoms with Gasteiger partial charge in [0, 0.05) is 24.4 Å². The van der Waals surface area contributed by atoms with E-state index in [2.05, 4.69) is 20.6 Å². The van der Waals surface area contributed by atoms with Crippen molar-refractivity contribution in [2.75, 3.05) is 6.54 Å². The second kappa shape index (κ2) is 9.08. The molecule has 1 saturated carbocycles. The fourth-order valence-electron chi connectivity index (χ4n) is 4.15. The number of hydrogen-bond donors (Lipinski definition) is 2. The van der Waals surface area contributed by atoms with Gasteiger partial charge in [-0.15, -0.1) is 0 Å². The zero-order chi connectivity index (χ0) is 22.7. The molecule has 1 fully saturated rings. The summed E-state index contributed by atoms with van der Waals surface area (Å²) in [6.07, 6.45) is 3.99. The Morgan fingerprint density at radius 1 is 1.22 bits per heavy atom. The van der Waals surface area contributed by atoms with Gasteiger partial charge in [0.05, 0.1) is 11.8 Å². The van der Waals surface area contributed by atoms with E-state index < -0.39 is 11.7 Å². The standard InChI is InChI=1S/C23H22ClFN4O3/c1-2-18-20(28-13-32-18)22(31)29-15-9-23(10-15,14-6-4-3-5-7-14)12-27-21(30)16-8-19(24)26-11-17(16)25/h3-8,11,13,15H,2,9-10,12H2,1H3,(H,27,30)(H,29,31). The van der Waals surface area contributed by atoms with E-state index in [9.17, 15) is 14.0 Å². The van der Waals surface area contributed by atoms with Gasteiger partial charge in [-0.25, -0.2) is 14.4 Å². The van der Waals surface area contributed by atoms with Crippen LogP contribution in [0.2, 0.25) is 5.15 Å². The molecule has 1 aliphatic carbocycles. The first-order chi connectivity index (χ1) is 15.4. The molecule has 166 valence electrons. The molecule has 0 bridgehead atoms. The molecule has 2 N–H and O–H groups in total. The highest BCUT2D eigenvalue weighted by molar-refractivity contribution is 6.29. The van der Waals surface area contributed by atoms with Crippen molar-refractivity contribution in [3.63, 3.8) is 0 Å². The second-order valence-electron chi connectivity index (χ2n) is 7.87. The molecule has 1 aromatic carbocycles. The molecule has 0 radical (unpaired) electrons. The monoisotopic (exact) mass is 456 g/mol. The molecule has 3 aromatic rings. The summed E-state index contributed by atoms with van der Waals surface area (Å²) in [5.41, 5.74) is 0.785. The Morgan fingerprint density at radius 2 is 1.97 bits per heavy atom. The molecule has 2 heterocycles. The summed E-state index contributed by atoms with van der Waals surface area (Å²) in [5.74, 6) is -1.04. The van der Waals surface area contributed by atoms with E-state index in [1.165, 1.54) is 12.5 Å². The normalized spacial score (nSPS) is 19.8. The maximum atomic E-state index is 14.0. The van der Waals surface area contributed by atoms with E-state index in [0.717, 1.165) is 11.8 Å². The van der Waals surface area contributed by atoms with E-state index in [0.29, 0.717) is 30.7 Å². The minimum atomic E-state index is -0.737. The first-order valence-electron chi connectivity index (χ1n) is 10.3. The number of amides is 2. The van der Waals surface area contributed by atoms with Crippen LogP contribution in [0.1, 0.15) is 51.9 Å². The number of benzene rings is 1. The predicted octanol–water partition coefficient (Wildman–Crippen LogP) is 3.68. The fourth-order valence-corrected chi connectivity index (χ4v) is 4.31. The number of pyridine rings is 1. The molecule has 1 aliphatic rings. The van der Waals surface area contributed by atoms with Gasteiger partial charge in [0.2, 0.25) is 0 Å². The summed E-state index contributed by atoms with van der Waals surface area (Å²) >= 11 is 5.81. The van der Waals surface area contributed by atoms with E-state index >= 15 is 0 Å². The van der Waals surface area contributed by atoms with Crippen LogP contribution in [0, 0.1) is 5.82 Å². The first kappa shape index (κ1) is 22.0. The van der Waals surface area contributed by atoms with Crippen molar-refractivity contribution in [3.05, 3.63) is 82.5 Å². The number of carbonyl (C=O) groups excluding carboxylic acids is 2. The number of rotatable bonds is 7. The molecule has 32 heavy (non-hydrogen) atoms. The quantitative estimate of drug-likeness (QED) is 0.528. The number of carbonyl (C=O) groups is 2. The van der Waals surface area contributed by atoms with Crippen LogP contribution in [0.4, 0.5) is 4.39 Å². The molecule has 9 heteroatoms.